The van der Waals surface area contributed by atoms with Gasteiger partial charge in [-0.25, -0.2) is 0 Å². The molecule has 2 aliphatic rings. The third-order valence-corrected chi connectivity index (χ3v) is 4.63. The second-order valence-electron chi connectivity index (χ2n) is 8.00. The fraction of sp³-hybridized carbons (Fsp3) is 0.933. The average molecular weight is 252 g/mol. The van der Waals surface area contributed by atoms with Crippen molar-refractivity contribution in [2.75, 3.05) is 19.6 Å². The van der Waals surface area contributed by atoms with Crippen molar-refractivity contribution in [1.82, 2.24) is 9.80 Å². The standard InChI is InChI=1S/C15H28N2O/c1-13(2,3)16-9-7-15(11-16)8-10-17(12(15)18)14(4,5)6/h7-11H2,1-6H3. The molecule has 1 amide bonds. The molecule has 0 aliphatic carbocycles. The summed E-state index contributed by atoms with van der Waals surface area (Å²) in [6.07, 6.45) is 2.07. The molecular weight excluding hydrogens is 224 g/mol. The largest absolute Gasteiger partial charge is 0.337 e. The first kappa shape index (κ1) is 13.9. The van der Waals surface area contributed by atoms with Gasteiger partial charge in [-0.3, -0.25) is 9.69 Å². The monoisotopic (exact) mass is 252 g/mol. The van der Waals surface area contributed by atoms with Gasteiger partial charge in [0.05, 0.1) is 5.41 Å². The van der Waals surface area contributed by atoms with E-state index < -0.39 is 0 Å². The van der Waals surface area contributed by atoms with Crippen molar-refractivity contribution < 1.29 is 4.79 Å². The molecule has 2 rings (SSSR count). The lowest BCUT2D eigenvalue weighted by molar-refractivity contribution is -0.139. The number of carbonyl (C=O) groups is 1. The summed E-state index contributed by atoms with van der Waals surface area (Å²) in [6, 6.07) is 0. The van der Waals surface area contributed by atoms with Crippen LogP contribution < -0.4 is 0 Å². The lowest BCUT2D eigenvalue weighted by Crippen LogP contribution is -2.47. The second kappa shape index (κ2) is 3.96. The molecule has 2 heterocycles. The summed E-state index contributed by atoms with van der Waals surface area (Å²) in [7, 11) is 0. The minimum absolute atomic E-state index is 0.0320. The van der Waals surface area contributed by atoms with Gasteiger partial charge in [0.1, 0.15) is 0 Å². The number of carbonyl (C=O) groups excluding carboxylic acids is 1. The molecule has 0 bridgehead atoms. The zero-order valence-corrected chi connectivity index (χ0v) is 12.8. The van der Waals surface area contributed by atoms with Crippen molar-refractivity contribution in [3.05, 3.63) is 0 Å². The van der Waals surface area contributed by atoms with Crippen LogP contribution in [0.15, 0.2) is 0 Å². The molecule has 1 spiro atoms. The predicted octanol–water partition coefficient (Wildman–Crippen LogP) is 2.51. The van der Waals surface area contributed by atoms with E-state index in [1.807, 2.05) is 0 Å². The van der Waals surface area contributed by atoms with E-state index in [-0.39, 0.29) is 16.5 Å². The van der Waals surface area contributed by atoms with E-state index in [4.69, 9.17) is 0 Å². The van der Waals surface area contributed by atoms with Crippen LogP contribution in [0.4, 0.5) is 0 Å². The molecule has 104 valence electrons. The van der Waals surface area contributed by atoms with Gasteiger partial charge in [-0.2, -0.15) is 0 Å². The highest BCUT2D eigenvalue weighted by Gasteiger charge is 2.53. The Kier molecular flexibility index (Phi) is 3.05. The Morgan fingerprint density at radius 1 is 0.944 bits per heavy atom. The normalized spacial score (nSPS) is 30.8. The number of rotatable bonds is 0. The van der Waals surface area contributed by atoms with E-state index in [9.17, 15) is 4.79 Å². The molecule has 2 aliphatic heterocycles. The van der Waals surface area contributed by atoms with E-state index in [1.165, 1.54) is 0 Å². The summed E-state index contributed by atoms with van der Waals surface area (Å²) < 4.78 is 0. The molecule has 2 fully saturated rings. The molecule has 0 aromatic rings. The Morgan fingerprint density at radius 2 is 1.50 bits per heavy atom. The summed E-state index contributed by atoms with van der Waals surface area (Å²) in [5.41, 5.74) is 0.0647. The fourth-order valence-corrected chi connectivity index (χ4v) is 3.28. The van der Waals surface area contributed by atoms with E-state index >= 15 is 0 Å². The topological polar surface area (TPSA) is 23.6 Å². The van der Waals surface area contributed by atoms with E-state index in [0.29, 0.717) is 5.91 Å². The maximum absolute atomic E-state index is 12.7. The lowest BCUT2D eigenvalue weighted by atomic mass is 9.85. The Bertz CT molecular complexity index is 346. The highest BCUT2D eigenvalue weighted by molar-refractivity contribution is 5.86. The van der Waals surface area contributed by atoms with Crippen molar-refractivity contribution >= 4 is 5.91 Å². The quantitative estimate of drug-likeness (QED) is 0.661. The number of nitrogens with zero attached hydrogens (tertiary/aromatic N) is 2. The molecule has 0 aromatic carbocycles. The van der Waals surface area contributed by atoms with Gasteiger partial charge >= 0.3 is 0 Å². The molecule has 18 heavy (non-hydrogen) atoms. The van der Waals surface area contributed by atoms with Gasteiger partial charge in [0.15, 0.2) is 0 Å². The van der Waals surface area contributed by atoms with Crippen LogP contribution in [0.3, 0.4) is 0 Å². The van der Waals surface area contributed by atoms with Crippen LogP contribution in [0.25, 0.3) is 0 Å². The van der Waals surface area contributed by atoms with Crippen molar-refractivity contribution in [2.45, 2.75) is 65.5 Å². The van der Waals surface area contributed by atoms with Crippen molar-refractivity contribution in [3.63, 3.8) is 0 Å². The second-order valence-corrected chi connectivity index (χ2v) is 8.00. The van der Waals surface area contributed by atoms with Crippen molar-refractivity contribution in [2.24, 2.45) is 5.41 Å². The molecule has 0 radical (unpaired) electrons. The summed E-state index contributed by atoms with van der Waals surface area (Å²) >= 11 is 0. The highest BCUT2D eigenvalue weighted by Crippen LogP contribution is 2.44. The van der Waals surface area contributed by atoms with Crippen LogP contribution in [0, 0.1) is 5.41 Å². The van der Waals surface area contributed by atoms with Gasteiger partial charge in [0.25, 0.3) is 0 Å². The molecular formula is C15H28N2O. The zero-order valence-electron chi connectivity index (χ0n) is 12.8. The summed E-state index contributed by atoms with van der Waals surface area (Å²) in [5, 5.41) is 0. The predicted molar refractivity (Wildman–Crippen MR) is 74.5 cm³/mol. The van der Waals surface area contributed by atoms with Gasteiger partial charge in [-0.15, -0.1) is 0 Å². The molecule has 0 N–H and O–H groups in total. The molecule has 0 saturated carbocycles. The summed E-state index contributed by atoms with van der Waals surface area (Å²) in [5.74, 6) is 0.391. The first-order chi connectivity index (χ1) is 8.06. The first-order valence-corrected chi connectivity index (χ1v) is 7.13. The van der Waals surface area contributed by atoms with Crippen LogP contribution >= 0.6 is 0 Å². The molecule has 2 saturated heterocycles. The van der Waals surface area contributed by atoms with Gasteiger partial charge in [0, 0.05) is 24.2 Å². The molecule has 1 unspecified atom stereocenters. The van der Waals surface area contributed by atoms with E-state index in [2.05, 4.69) is 51.3 Å². The Labute approximate surface area is 112 Å². The third-order valence-electron chi connectivity index (χ3n) is 4.63. The van der Waals surface area contributed by atoms with Crippen LogP contribution in [-0.2, 0) is 4.79 Å². The minimum Gasteiger partial charge on any atom is -0.337 e. The first-order valence-electron chi connectivity index (χ1n) is 7.13. The molecule has 3 nitrogen and oxygen atoms in total. The summed E-state index contributed by atoms with van der Waals surface area (Å²) in [4.78, 5) is 17.3. The van der Waals surface area contributed by atoms with E-state index in [1.54, 1.807) is 0 Å². The van der Waals surface area contributed by atoms with E-state index in [0.717, 1.165) is 32.5 Å². The van der Waals surface area contributed by atoms with Crippen molar-refractivity contribution in [3.8, 4) is 0 Å². The number of likely N-dealkylation sites (tertiary alicyclic amines) is 2. The maximum atomic E-state index is 12.7. The highest BCUT2D eigenvalue weighted by atomic mass is 16.2. The maximum Gasteiger partial charge on any atom is 0.230 e. The van der Waals surface area contributed by atoms with Gasteiger partial charge in [-0.05, 0) is 60.9 Å². The Balaban J connectivity index is 2.15. The van der Waals surface area contributed by atoms with Crippen molar-refractivity contribution in [1.29, 1.82) is 0 Å². The molecule has 3 heteroatoms. The molecule has 0 aromatic heterocycles. The van der Waals surface area contributed by atoms with Gasteiger partial charge in [-0.1, -0.05) is 0 Å². The minimum atomic E-state index is -0.0828. The van der Waals surface area contributed by atoms with Gasteiger partial charge < -0.3 is 4.90 Å². The number of hydrogen-bond donors (Lipinski definition) is 0. The van der Waals surface area contributed by atoms with Crippen LogP contribution in [0.5, 0.6) is 0 Å². The Hall–Kier alpha value is -0.570. The molecule has 1 atom stereocenters. The van der Waals surface area contributed by atoms with Crippen LogP contribution in [-0.4, -0.2) is 46.4 Å². The lowest BCUT2D eigenvalue weighted by Gasteiger charge is -2.35. The fourth-order valence-electron chi connectivity index (χ4n) is 3.28. The zero-order chi connectivity index (χ0) is 13.8. The average Bonchev–Trinajstić information content (AvgIpc) is 2.72. The third kappa shape index (κ3) is 2.18. The van der Waals surface area contributed by atoms with Crippen LogP contribution in [0.2, 0.25) is 0 Å². The van der Waals surface area contributed by atoms with Gasteiger partial charge in [0.2, 0.25) is 5.91 Å². The number of amides is 1. The number of hydrogen-bond acceptors (Lipinski definition) is 2. The summed E-state index contributed by atoms with van der Waals surface area (Å²) in [6.45, 7) is 16.1. The SMILES string of the molecule is CC(C)(C)N1CCC2(CCN(C(C)(C)C)C2=O)C1. The van der Waals surface area contributed by atoms with Crippen LogP contribution in [0.1, 0.15) is 54.4 Å². The Morgan fingerprint density at radius 3 is 1.89 bits per heavy atom. The smallest absolute Gasteiger partial charge is 0.230 e.